The molecule has 8 nitrogen and oxygen atoms in total. The number of carbonyl (C=O) groups is 1. The van der Waals surface area contributed by atoms with E-state index in [1.807, 2.05) is 0 Å². The molecular weight excluding hydrogens is 360 g/mol. The lowest BCUT2D eigenvalue weighted by Gasteiger charge is -2.39. The largest absolute Gasteiger partial charge is 0.444 e. The van der Waals surface area contributed by atoms with Gasteiger partial charge < -0.3 is 19.5 Å². The molecule has 0 spiro atoms. The van der Waals surface area contributed by atoms with Gasteiger partial charge in [-0.25, -0.2) is 18.6 Å². The zero-order chi connectivity index (χ0) is 19.8. The molecule has 1 amide bonds. The van der Waals surface area contributed by atoms with Crippen molar-refractivity contribution in [3.8, 4) is 11.4 Å². The van der Waals surface area contributed by atoms with Crippen molar-refractivity contribution in [3.05, 3.63) is 24.2 Å². The maximum Gasteiger partial charge on any atom is 0.408 e. The lowest BCUT2D eigenvalue weighted by Crippen LogP contribution is -2.56. The van der Waals surface area contributed by atoms with E-state index in [1.54, 1.807) is 39.8 Å². The highest BCUT2D eigenvalue weighted by Gasteiger charge is 2.44. The maximum atomic E-state index is 13.0. The molecule has 0 aromatic carbocycles. The van der Waals surface area contributed by atoms with Crippen LogP contribution in [0.15, 0.2) is 22.9 Å². The number of pyridine rings is 1. The van der Waals surface area contributed by atoms with Gasteiger partial charge in [0.25, 0.3) is 5.92 Å². The van der Waals surface area contributed by atoms with Crippen LogP contribution in [0.4, 0.5) is 19.4 Å². The minimum Gasteiger partial charge on any atom is -0.444 e. The van der Waals surface area contributed by atoms with Gasteiger partial charge in [0.05, 0.1) is 13.1 Å². The number of alkyl carbamates (subject to hydrolysis) is 1. The Kier molecular flexibility index (Phi) is 4.75. The molecule has 2 aromatic heterocycles. The van der Waals surface area contributed by atoms with Gasteiger partial charge in [-0.1, -0.05) is 5.16 Å². The van der Waals surface area contributed by atoms with Crippen molar-refractivity contribution in [2.75, 3.05) is 18.0 Å². The summed E-state index contributed by atoms with van der Waals surface area (Å²) >= 11 is 0. The van der Waals surface area contributed by atoms with Crippen LogP contribution in [0.25, 0.3) is 11.4 Å². The molecule has 1 N–H and O–H groups in total. The third kappa shape index (κ3) is 4.69. The number of halogens is 2. The fourth-order valence-corrected chi connectivity index (χ4v) is 2.48. The first-order valence-electron chi connectivity index (χ1n) is 8.45. The van der Waals surface area contributed by atoms with Gasteiger partial charge >= 0.3 is 6.09 Å². The number of alkyl halides is 2. The number of nitrogens with one attached hydrogen (secondary N) is 1. The van der Waals surface area contributed by atoms with Crippen molar-refractivity contribution < 1.29 is 22.8 Å². The Balaban J connectivity index is 1.68. The first kappa shape index (κ1) is 19.0. The molecule has 0 radical (unpaired) electrons. The molecule has 0 bridgehead atoms. The number of amides is 1. The summed E-state index contributed by atoms with van der Waals surface area (Å²) < 4.78 is 36.5. The van der Waals surface area contributed by atoms with Crippen molar-refractivity contribution in [2.24, 2.45) is 0 Å². The second-order valence-electron chi connectivity index (χ2n) is 7.44. The van der Waals surface area contributed by atoms with Gasteiger partial charge in [0, 0.05) is 11.8 Å². The quantitative estimate of drug-likeness (QED) is 0.869. The van der Waals surface area contributed by atoms with Gasteiger partial charge in [-0.15, -0.1) is 0 Å². The van der Waals surface area contributed by atoms with Crippen molar-refractivity contribution in [2.45, 2.75) is 45.3 Å². The monoisotopic (exact) mass is 381 g/mol. The van der Waals surface area contributed by atoms with Gasteiger partial charge in [0.15, 0.2) is 0 Å². The van der Waals surface area contributed by atoms with Crippen molar-refractivity contribution in [3.63, 3.8) is 0 Å². The van der Waals surface area contributed by atoms with E-state index in [0.717, 1.165) is 0 Å². The van der Waals surface area contributed by atoms with E-state index >= 15 is 0 Å². The molecule has 146 valence electrons. The first-order chi connectivity index (χ1) is 12.5. The van der Waals surface area contributed by atoms with Crippen molar-refractivity contribution in [1.82, 2.24) is 20.4 Å². The summed E-state index contributed by atoms with van der Waals surface area (Å²) in [4.78, 5) is 21.7. The van der Waals surface area contributed by atoms with Crippen LogP contribution in [0.3, 0.4) is 0 Å². The Bertz CT molecular complexity index is 826. The standard InChI is InChI=1S/C17H21F2N5O3/c1-10(21-15(25)26-16(2,3)4)14-22-13(23-27-14)11-5-6-20-12(7-11)24-8-17(18,19)9-24/h5-7,10H,8-9H2,1-4H3,(H,21,25)/t10-/m0/s1. The SMILES string of the molecule is C[C@H](NC(=O)OC(C)(C)C)c1nc(-c2ccnc(N3CC(F)(F)C3)c2)no1. The summed E-state index contributed by atoms with van der Waals surface area (Å²) in [5.41, 5.74) is -0.0417. The summed E-state index contributed by atoms with van der Waals surface area (Å²) in [5.74, 6) is -1.78. The predicted octanol–water partition coefficient (Wildman–Crippen LogP) is 3.17. The molecule has 1 aliphatic rings. The topological polar surface area (TPSA) is 93.4 Å². The lowest BCUT2D eigenvalue weighted by molar-refractivity contribution is -0.0267. The Morgan fingerprint density at radius 1 is 1.41 bits per heavy atom. The molecule has 10 heteroatoms. The van der Waals surface area contributed by atoms with Crippen LogP contribution in [0.5, 0.6) is 0 Å². The van der Waals surface area contributed by atoms with E-state index in [9.17, 15) is 13.6 Å². The van der Waals surface area contributed by atoms with Crippen molar-refractivity contribution >= 4 is 11.9 Å². The minimum absolute atomic E-state index is 0.199. The average molecular weight is 381 g/mol. The van der Waals surface area contributed by atoms with E-state index in [4.69, 9.17) is 9.26 Å². The number of hydrogen-bond acceptors (Lipinski definition) is 7. The molecule has 0 aliphatic carbocycles. The summed E-state index contributed by atoms with van der Waals surface area (Å²) in [5, 5.41) is 6.50. The third-order valence-electron chi connectivity index (χ3n) is 3.72. The van der Waals surface area contributed by atoms with Gasteiger partial charge in [-0.3, -0.25) is 0 Å². The molecular formula is C17H21F2N5O3. The van der Waals surface area contributed by atoms with Crippen LogP contribution in [-0.4, -0.2) is 45.8 Å². The first-order valence-corrected chi connectivity index (χ1v) is 8.45. The number of aromatic nitrogens is 3. The molecule has 2 aromatic rings. The molecule has 0 unspecified atom stereocenters. The molecule has 27 heavy (non-hydrogen) atoms. The molecule has 3 rings (SSSR count). The zero-order valence-corrected chi connectivity index (χ0v) is 15.5. The number of ether oxygens (including phenoxy) is 1. The van der Waals surface area contributed by atoms with E-state index in [0.29, 0.717) is 11.4 Å². The van der Waals surface area contributed by atoms with Gasteiger partial charge in [0.2, 0.25) is 11.7 Å². The zero-order valence-electron chi connectivity index (χ0n) is 15.5. The normalized spacial score (nSPS) is 17.2. The van der Waals surface area contributed by atoms with E-state index < -0.39 is 23.7 Å². The van der Waals surface area contributed by atoms with E-state index in [-0.39, 0.29) is 24.8 Å². The minimum atomic E-state index is -2.68. The van der Waals surface area contributed by atoms with Crippen LogP contribution in [0, 0.1) is 0 Å². The smallest absolute Gasteiger partial charge is 0.408 e. The Morgan fingerprint density at radius 3 is 2.74 bits per heavy atom. The number of nitrogens with zero attached hydrogens (tertiary/aromatic N) is 4. The summed E-state index contributed by atoms with van der Waals surface area (Å²) in [6.07, 6.45) is 0.902. The fourth-order valence-electron chi connectivity index (χ4n) is 2.48. The van der Waals surface area contributed by atoms with Gasteiger partial charge in [-0.05, 0) is 39.8 Å². The number of rotatable bonds is 4. The lowest BCUT2D eigenvalue weighted by atomic mass is 10.1. The highest BCUT2D eigenvalue weighted by Crippen LogP contribution is 2.32. The predicted molar refractivity (Wildman–Crippen MR) is 92.5 cm³/mol. The fraction of sp³-hybridized carbons (Fsp3) is 0.529. The highest BCUT2D eigenvalue weighted by atomic mass is 19.3. The second-order valence-corrected chi connectivity index (χ2v) is 7.44. The molecule has 3 heterocycles. The molecule has 1 saturated heterocycles. The average Bonchev–Trinajstić information content (AvgIpc) is 3.01. The second kappa shape index (κ2) is 6.75. The van der Waals surface area contributed by atoms with Crippen LogP contribution >= 0.6 is 0 Å². The van der Waals surface area contributed by atoms with Gasteiger partial charge in [0.1, 0.15) is 17.5 Å². The van der Waals surface area contributed by atoms with Crippen LogP contribution in [0.1, 0.15) is 39.6 Å². The maximum absolute atomic E-state index is 13.0. The molecule has 1 atom stereocenters. The summed E-state index contributed by atoms with van der Waals surface area (Å²) in [6, 6.07) is 2.72. The van der Waals surface area contributed by atoms with Crippen LogP contribution in [-0.2, 0) is 4.74 Å². The Labute approximate surface area is 154 Å². The van der Waals surface area contributed by atoms with Crippen LogP contribution in [0.2, 0.25) is 0 Å². The highest BCUT2D eigenvalue weighted by molar-refractivity contribution is 5.68. The molecule has 1 fully saturated rings. The summed E-state index contributed by atoms with van der Waals surface area (Å²) in [7, 11) is 0. The van der Waals surface area contributed by atoms with E-state index in [2.05, 4.69) is 20.4 Å². The number of hydrogen-bond donors (Lipinski definition) is 1. The van der Waals surface area contributed by atoms with E-state index in [1.165, 1.54) is 11.1 Å². The van der Waals surface area contributed by atoms with Gasteiger partial charge in [-0.2, -0.15) is 4.98 Å². The van der Waals surface area contributed by atoms with Crippen LogP contribution < -0.4 is 10.2 Å². The summed E-state index contributed by atoms with van der Waals surface area (Å²) in [6.45, 7) is 6.24. The Hall–Kier alpha value is -2.78. The Morgan fingerprint density at radius 2 is 2.11 bits per heavy atom. The number of anilines is 1. The van der Waals surface area contributed by atoms with Crippen molar-refractivity contribution in [1.29, 1.82) is 0 Å². The molecule has 1 aliphatic heterocycles. The third-order valence-corrected chi connectivity index (χ3v) is 3.72. The number of carbonyl (C=O) groups excluding carboxylic acids is 1. The molecule has 0 saturated carbocycles.